The van der Waals surface area contributed by atoms with Crippen molar-refractivity contribution >= 4 is 5.97 Å². The van der Waals surface area contributed by atoms with E-state index in [1.807, 2.05) is 0 Å². The number of hydrogen-bond acceptors (Lipinski definition) is 1. The quantitative estimate of drug-likeness (QED) is 0.228. The molecule has 0 aliphatic rings. The Morgan fingerprint density at radius 3 is 2.00 bits per heavy atom. The van der Waals surface area contributed by atoms with Crippen molar-refractivity contribution in [1.29, 1.82) is 0 Å². The molecule has 0 radical (unpaired) electrons. The van der Waals surface area contributed by atoms with E-state index >= 15 is 0 Å². The van der Waals surface area contributed by atoms with Crippen LogP contribution in [0.5, 0.6) is 0 Å². The van der Waals surface area contributed by atoms with Gasteiger partial charge in [-0.2, -0.15) is 0 Å². The summed E-state index contributed by atoms with van der Waals surface area (Å²) in [5, 5.41) is 8.47. The van der Waals surface area contributed by atoms with Gasteiger partial charge in [0.1, 0.15) is 6.17 Å². The van der Waals surface area contributed by atoms with Crippen molar-refractivity contribution in [2.75, 3.05) is 0 Å². The fourth-order valence-electron chi connectivity index (χ4n) is 2.65. The number of carbonyl (C=O) groups is 1. The van der Waals surface area contributed by atoms with Gasteiger partial charge in [0.2, 0.25) is 0 Å². The summed E-state index contributed by atoms with van der Waals surface area (Å²) in [7, 11) is 0. The summed E-state index contributed by atoms with van der Waals surface area (Å²) in [6.07, 6.45) is 21.9. The highest BCUT2D eigenvalue weighted by atomic mass is 19.1. The van der Waals surface area contributed by atoms with Crippen LogP contribution in [0.15, 0.2) is 24.3 Å². The molecule has 1 atom stereocenters. The van der Waals surface area contributed by atoms with Crippen molar-refractivity contribution in [2.45, 2.75) is 103 Å². The Labute approximate surface area is 148 Å². The van der Waals surface area contributed by atoms with Gasteiger partial charge in [0.25, 0.3) is 0 Å². The first kappa shape index (κ1) is 22.9. The van der Waals surface area contributed by atoms with Crippen LogP contribution in [-0.4, -0.2) is 17.2 Å². The van der Waals surface area contributed by atoms with Gasteiger partial charge in [-0.15, -0.1) is 0 Å². The van der Waals surface area contributed by atoms with Gasteiger partial charge in [-0.1, -0.05) is 76.2 Å². The zero-order valence-electron chi connectivity index (χ0n) is 15.5. The summed E-state index contributed by atoms with van der Waals surface area (Å²) in [5.41, 5.74) is 0. The Morgan fingerprint density at radius 1 is 0.875 bits per heavy atom. The van der Waals surface area contributed by atoms with E-state index in [4.69, 9.17) is 5.11 Å². The van der Waals surface area contributed by atoms with Gasteiger partial charge in [0.15, 0.2) is 0 Å². The van der Waals surface area contributed by atoms with Crippen molar-refractivity contribution in [2.24, 2.45) is 0 Å². The van der Waals surface area contributed by atoms with E-state index in [2.05, 4.69) is 31.2 Å². The maximum absolute atomic E-state index is 13.1. The maximum Gasteiger partial charge on any atom is 0.306 e. The number of carboxylic acids is 1. The van der Waals surface area contributed by atoms with Gasteiger partial charge >= 0.3 is 5.97 Å². The first-order chi connectivity index (χ1) is 11.7. The van der Waals surface area contributed by atoms with E-state index in [0.717, 1.165) is 32.1 Å². The number of hydrogen-bond donors (Lipinski definition) is 1. The number of halogens is 1. The molecule has 0 bridgehead atoms. The molecule has 2 nitrogen and oxygen atoms in total. The first-order valence-corrected chi connectivity index (χ1v) is 9.82. The molecule has 3 heteroatoms. The average Bonchev–Trinajstić information content (AvgIpc) is 2.53. The molecule has 24 heavy (non-hydrogen) atoms. The van der Waals surface area contributed by atoms with Crippen molar-refractivity contribution in [3.63, 3.8) is 0 Å². The lowest BCUT2D eigenvalue weighted by atomic mass is 10.1. The molecule has 0 saturated carbocycles. The van der Waals surface area contributed by atoms with Crippen LogP contribution < -0.4 is 0 Å². The minimum atomic E-state index is -1.18. The zero-order valence-corrected chi connectivity index (χ0v) is 15.5. The van der Waals surface area contributed by atoms with E-state index in [0.29, 0.717) is 6.42 Å². The minimum absolute atomic E-state index is 0.349. The molecular formula is C21H37FO2. The van der Waals surface area contributed by atoms with Crippen LogP contribution in [0.4, 0.5) is 4.39 Å². The molecule has 0 amide bonds. The molecule has 0 spiro atoms. The van der Waals surface area contributed by atoms with Crippen LogP contribution in [0.3, 0.4) is 0 Å². The summed E-state index contributed by atoms with van der Waals surface area (Å²) < 4.78 is 13.1. The molecule has 1 N–H and O–H groups in total. The summed E-state index contributed by atoms with van der Waals surface area (Å²) in [6, 6.07) is 0. The molecule has 140 valence electrons. The summed E-state index contributed by atoms with van der Waals surface area (Å²) in [4.78, 5) is 10.3. The number of carboxylic acid groups (broad SMARTS) is 1. The van der Waals surface area contributed by atoms with Crippen LogP contribution in [0.2, 0.25) is 0 Å². The summed E-state index contributed by atoms with van der Waals surface area (Å²) >= 11 is 0. The lowest BCUT2D eigenvalue weighted by molar-refractivity contribution is -0.138. The molecule has 1 unspecified atom stereocenters. The number of aliphatic carboxylic acids is 1. The number of alkyl halides is 1. The van der Waals surface area contributed by atoms with Gasteiger partial charge in [-0.25, -0.2) is 4.39 Å². The fourth-order valence-corrected chi connectivity index (χ4v) is 2.65. The van der Waals surface area contributed by atoms with Crippen molar-refractivity contribution in [1.82, 2.24) is 0 Å². The molecule has 0 aliphatic carbocycles. The predicted octanol–water partition coefficient (Wildman–Crippen LogP) is 7.00. The Kier molecular flexibility index (Phi) is 17.4. The van der Waals surface area contributed by atoms with E-state index < -0.39 is 12.1 Å². The molecule has 0 rings (SSSR count). The third-order valence-electron chi connectivity index (χ3n) is 4.11. The van der Waals surface area contributed by atoms with Crippen LogP contribution in [0.25, 0.3) is 0 Å². The Hall–Kier alpha value is -1.12. The molecule has 0 fully saturated rings. The molecule has 0 aliphatic heterocycles. The highest BCUT2D eigenvalue weighted by molar-refractivity contribution is 5.67. The fraction of sp³-hybridized carbons (Fsp3) is 0.762. The molecule has 0 aromatic rings. The van der Waals surface area contributed by atoms with Crippen LogP contribution >= 0.6 is 0 Å². The highest BCUT2D eigenvalue weighted by Crippen LogP contribution is 2.12. The van der Waals surface area contributed by atoms with Gasteiger partial charge in [-0.05, 0) is 38.5 Å². The maximum atomic E-state index is 13.1. The third-order valence-corrected chi connectivity index (χ3v) is 4.11. The van der Waals surface area contributed by atoms with Crippen molar-refractivity contribution in [3.8, 4) is 0 Å². The van der Waals surface area contributed by atoms with E-state index in [9.17, 15) is 9.18 Å². The van der Waals surface area contributed by atoms with E-state index in [1.54, 1.807) is 0 Å². The topological polar surface area (TPSA) is 37.3 Å². The van der Waals surface area contributed by atoms with Crippen molar-refractivity contribution < 1.29 is 14.3 Å². The molecule has 0 saturated heterocycles. The normalized spacial score (nSPS) is 13.1. The highest BCUT2D eigenvalue weighted by Gasteiger charge is 2.10. The molecule has 0 aromatic heterocycles. The van der Waals surface area contributed by atoms with Crippen LogP contribution in [0, 0.1) is 0 Å². The summed E-state index contributed by atoms with van der Waals surface area (Å²) in [6.45, 7) is 2.24. The number of unbranched alkanes of at least 4 members (excludes halogenated alkanes) is 9. The minimum Gasteiger partial charge on any atom is -0.481 e. The molecular weight excluding hydrogens is 303 g/mol. The van der Waals surface area contributed by atoms with E-state index in [1.165, 1.54) is 44.9 Å². The monoisotopic (exact) mass is 340 g/mol. The van der Waals surface area contributed by atoms with Gasteiger partial charge in [-0.3, -0.25) is 4.79 Å². The van der Waals surface area contributed by atoms with Crippen molar-refractivity contribution in [3.05, 3.63) is 24.3 Å². The second-order valence-corrected chi connectivity index (χ2v) is 6.57. The number of allylic oxidation sites excluding steroid dienone is 4. The third kappa shape index (κ3) is 18.9. The van der Waals surface area contributed by atoms with Gasteiger partial charge in [0.05, 0.1) is 6.42 Å². The standard InChI is InChI=1S/C21H37FO2/c1-2-3-4-5-6-7-8-9-10-11-12-13-14-15-16-17-18-20(22)19-21(23)24/h7-8,10-11,20H,2-6,9,12-19H2,1H3,(H,23,24)/b8-7-,11-10-. The zero-order chi connectivity index (χ0) is 17.9. The molecule has 0 aromatic carbocycles. The SMILES string of the molecule is CCCCCC/C=C\C/C=C\CCCCCCCC(F)CC(=O)O. The molecule has 0 heterocycles. The first-order valence-electron chi connectivity index (χ1n) is 9.82. The summed E-state index contributed by atoms with van der Waals surface area (Å²) in [5.74, 6) is -1.04. The lowest BCUT2D eigenvalue weighted by Gasteiger charge is -2.04. The number of rotatable bonds is 17. The van der Waals surface area contributed by atoms with Gasteiger partial charge < -0.3 is 5.11 Å². The Bertz CT molecular complexity index is 337. The second-order valence-electron chi connectivity index (χ2n) is 6.57. The van der Waals surface area contributed by atoms with E-state index in [-0.39, 0.29) is 6.42 Å². The largest absolute Gasteiger partial charge is 0.481 e. The predicted molar refractivity (Wildman–Crippen MR) is 101 cm³/mol. The smallest absolute Gasteiger partial charge is 0.306 e. The average molecular weight is 341 g/mol. The lowest BCUT2D eigenvalue weighted by Crippen LogP contribution is -2.07. The Balaban J connectivity index is 3.26. The van der Waals surface area contributed by atoms with Crippen LogP contribution in [-0.2, 0) is 4.79 Å². The Morgan fingerprint density at radius 2 is 1.42 bits per heavy atom. The van der Waals surface area contributed by atoms with Gasteiger partial charge in [0, 0.05) is 0 Å². The van der Waals surface area contributed by atoms with Crippen LogP contribution in [0.1, 0.15) is 96.8 Å². The second kappa shape index (κ2) is 18.2.